The molecule has 7 nitrogen and oxygen atoms in total. The number of hydrogen-bond acceptors (Lipinski definition) is 4. The van der Waals surface area contributed by atoms with Crippen molar-refractivity contribution in [3.63, 3.8) is 0 Å². The van der Waals surface area contributed by atoms with Gasteiger partial charge in [0.2, 0.25) is 0 Å². The minimum Gasteiger partial charge on any atom is -0.459 e. The van der Waals surface area contributed by atoms with E-state index in [9.17, 15) is 14.4 Å². The first-order valence-electron chi connectivity index (χ1n) is 11.9. The van der Waals surface area contributed by atoms with Gasteiger partial charge in [-0.2, -0.15) is 0 Å². The number of nitrogens with zero attached hydrogens (tertiary/aromatic N) is 3. The lowest BCUT2D eigenvalue weighted by atomic mass is 9.78. The second-order valence-electron chi connectivity index (χ2n) is 9.91. The van der Waals surface area contributed by atoms with Crippen LogP contribution < -0.4 is 0 Å². The molecule has 33 heavy (non-hydrogen) atoms. The van der Waals surface area contributed by atoms with Crippen LogP contribution in [0.4, 0.5) is 4.79 Å². The van der Waals surface area contributed by atoms with Crippen LogP contribution in [0.1, 0.15) is 55.8 Å². The van der Waals surface area contributed by atoms with E-state index in [0.717, 1.165) is 18.4 Å². The van der Waals surface area contributed by atoms with E-state index in [2.05, 4.69) is 20.8 Å². The quantitative estimate of drug-likeness (QED) is 0.620. The van der Waals surface area contributed by atoms with Gasteiger partial charge in [-0.3, -0.25) is 19.4 Å². The Morgan fingerprint density at radius 1 is 1.15 bits per heavy atom. The van der Waals surface area contributed by atoms with Gasteiger partial charge in [0, 0.05) is 19.0 Å². The predicted octanol–water partition coefficient (Wildman–Crippen LogP) is 4.18. The molecule has 3 aliphatic rings. The van der Waals surface area contributed by atoms with E-state index >= 15 is 0 Å². The van der Waals surface area contributed by atoms with Gasteiger partial charge in [0.05, 0.1) is 18.8 Å². The number of furan rings is 1. The Hall–Kier alpha value is -3.09. The fraction of sp³-hybridized carbons (Fsp3) is 0.500. The van der Waals surface area contributed by atoms with Crippen molar-refractivity contribution in [2.24, 2.45) is 17.8 Å². The molecular weight excluding hydrogens is 418 g/mol. The Morgan fingerprint density at radius 2 is 1.91 bits per heavy atom. The maximum Gasteiger partial charge on any atom is 0.328 e. The Kier molecular flexibility index (Phi) is 5.30. The number of carbonyl (C=O) groups is 3. The second-order valence-corrected chi connectivity index (χ2v) is 9.91. The van der Waals surface area contributed by atoms with Gasteiger partial charge in [-0.25, -0.2) is 4.79 Å². The van der Waals surface area contributed by atoms with Crippen molar-refractivity contribution in [2.45, 2.75) is 45.2 Å². The van der Waals surface area contributed by atoms with Gasteiger partial charge in [-0.1, -0.05) is 57.5 Å². The van der Waals surface area contributed by atoms with E-state index in [-0.39, 0.29) is 48.0 Å². The highest BCUT2D eigenvalue weighted by Crippen LogP contribution is 2.58. The zero-order valence-electron chi connectivity index (χ0n) is 19.4. The molecule has 1 spiro atoms. The third-order valence-corrected chi connectivity index (χ3v) is 7.71. The first-order chi connectivity index (χ1) is 15.9. The summed E-state index contributed by atoms with van der Waals surface area (Å²) in [6, 6.07) is 12.9. The highest BCUT2D eigenvalue weighted by molar-refractivity contribution is 6.09. The normalized spacial score (nSPS) is 28.7. The number of benzene rings is 1. The van der Waals surface area contributed by atoms with Crippen LogP contribution in [0.3, 0.4) is 0 Å². The molecule has 5 rings (SSSR count). The van der Waals surface area contributed by atoms with Crippen LogP contribution in [0.15, 0.2) is 53.1 Å². The summed E-state index contributed by atoms with van der Waals surface area (Å²) in [5.41, 5.74) is 0.0335. The summed E-state index contributed by atoms with van der Waals surface area (Å²) in [4.78, 5) is 46.0. The Balaban J connectivity index is 1.57. The van der Waals surface area contributed by atoms with Crippen LogP contribution >= 0.6 is 0 Å². The van der Waals surface area contributed by atoms with Crippen molar-refractivity contribution in [2.75, 3.05) is 19.6 Å². The van der Waals surface area contributed by atoms with Gasteiger partial charge < -0.3 is 9.32 Å². The first-order valence-corrected chi connectivity index (χ1v) is 11.9. The molecule has 0 saturated carbocycles. The van der Waals surface area contributed by atoms with E-state index in [1.807, 2.05) is 35.2 Å². The van der Waals surface area contributed by atoms with Crippen molar-refractivity contribution in [1.29, 1.82) is 0 Å². The van der Waals surface area contributed by atoms with Gasteiger partial charge >= 0.3 is 6.03 Å². The highest BCUT2D eigenvalue weighted by Gasteiger charge is 2.73. The maximum atomic E-state index is 14.0. The van der Waals surface area contributed by atoms with Gasteiger partial charge in [0.25, 0.3) is 11.8 Å². The molecule has 3 fully saturated rings. The van der Waals surface area contributed by atoms with Crippen LogP contribution in [0.2, 0.25) is 0 Å². The average Bonchev–Trinajstić information content (AvgIpc) is 3.55. The number of hydrogen-bond donors (Lipinski definition) is 0. The second kappa shape index (κ2) is 8.04. The summed E-state index contributed by atoms with van der Waals surface area (Å²) in [6.07, 6.45) is 3.05. The van der Waals surface area contributed by atoms with Crippen LogP contribution in [0.25, 0.3) is 0 Å². The molecule has 4 atom stereocenters. The molecule has 0 N–H and O–H groups in total. The fourth-order valence-electron chi connectivity index (χ4n) is 6.18. The lowest BCUT2D eigenvalue weighted by molar-refractivity contribution is -0.133. The number of amides is 4. The van der Waals surface area contributed by atoms with Crippen molar-refractivity contribution >= 4 is 17.8 Å². The van der Waals surface area contributed by atoms with Crippen LogP contribution in [-0.4, -0.2) is 57.7 Å². The SMILES string of the molecule is CC[C@H]1[C@H](c2ccccc2)N2C(=O)N(CCC(C)C)C(=O)[C@@]23CN(C(=O)c2ccco2)C[C@@H]13. The fourth-order valence-corrected chi connectivity index (χ4v) is 6.18. The topological polar surface area (TPSA) is 74.1 Å². The van der Waals surface area contributed by atoms with Crippen molar-refractivity contribution in [3.05, 3.63) is 60.1 Å². The lowest BCUT2D eigenvalue weighted by Gasteiger charge is -2.32. The van der Waals surface area contributed by atoms with Crippen molar-refractivity contribution in [1.82, 2.24) is 14.7 Å². The third-order valence-electron chi connectivity index (χ3n) is 7.71. The third kappa shape index (κ3) is 3.12. The molecule has 174 valence electrons. The molecule has 4 amide bonds. The molecule has 4 heterocycles. The first kappa shape index (κ1) is 21.7. The highest BCUT2D eigenvalue weighted by atomic mass is 16.3. The van der Waals surface area contributed by atoms with E-state index in [1.165, 1.54) is 11.2 Å². The monoisotopic (exact) mass is 449 g/mol. The lowest BCUT2D eigenvalue weighted by Crippen LogP contribution is -2.52. The Bertz CT molecular complexity index is 1050. The largest absolute Gasteiger partial charge is 0.459 e. The number of likely N-dealkylation sites (tertiary alicyclic amines) is 1. The molecule has 0 radical (unpaired) electrons. The number of carbonyl (C=O) groups excluding carboxylic acids is 3. The zero-order chi connectivity index (χ0) is 23.3. The standard InChI is InChI=1S/C26H31N3O4/c1-4-19-20-15-27(23(30)21-11-8-14-33-21)16-26(20)24(31)28(13-12-17(2)3)25(32)29(26)22(19)18-9-6-5-7-10-18/h5-11,14,17,19-20,22H,4,12-13,15-16H2,1-3H3/t19-,20+,22+,26+/m1/s1. The summed E-state index contributed by atoms with van der Waals surface area (Å²) >= 11 is 0. The minimum atomic E-state index is -1.02. The van der Waals surface area contributed by atoms with E-state index in [4.69, 9.17) is 4.42 Å². The van der Waals surface area contributed by atoms with E-state index in [0.29, 0.717) is 19.0 Å². The Morgan fingerprint density at radius 3 is 2.55 bits per heavy atom. The van der Waals surface area contributed by atoms with E-state index in [1.54, 1.807) is 17.0 Å². The van der Waals surface area contributed by atoms with Gasteiger partial charge in [-0.15, -0.1) is 0 Å². The van der Waals surface area contributed by atoms with Crippen LogP contribution in [0, 0.1) is 17.8 Å². The zero-order valence-corrected chi connectivity index (χ0v) is 19.4. The van der Waals surface area contributed by atoms with Crippen LogP contribution in [0.5, 0.6) is 0 Å². The van der Waals surface area contributed by atoms with E-state index < -0.39 is 5.54 Å². The number of rotatable bonds is 6. The molecule has 0 aliphatic carbocycles. The molecule has 3 aliphatic heterocycles. The van der Waals surface area contributed by atoms with Crippen LogP contribution in [-0.2, 0) is 4.79 Å². The summed E-state index contributed by atoms with van der Waals surface area (Å²) in [6.45, 7) is 7.34. The predicted molar refractivity (Wildman–Crippen MR) is 122 cm³/mol. The molecule has 0 bridgehead atoms. The molecule has 1 aromatic carbocycles. The van der Waals surface area contributed by atoms with Gasteiger partial charge in [0.1, 0.15) is 5.54 Å². The molecular formula is C26H31N3O4. The summed E-state index contributed by atoms with van der Waals surface area (Å²) in [7, 11) is 0. The maximum absolute atomic E-state index is 14.0. The molecule has 7 heteroatoms. The minimum absolute atomic E-state index is 0.0851. The smallest absolute Gasteiger partial charge is 0.328 e. The molecule has 2 aromatic rings. The molecule has 0 unspecified atom stereocenters. The summed E-state index contributed by atoms with van der Waals surface area (Å²) in [5, 5.41) is 0. The molecule has 1 aromatic heterocycles. The summed E-state index contributed by atoms with van der Waals surface area (Å²) < 4.78 is 5.35. The Labute approximate surface area is 194 Å². The van der Waals surface area contributed by atoms with Gasteiger partial charge in [0.15, 0.2) is 5.76 Å². The number of imide groups is 1. The van der Waals surface area contributed by atoms with Crippen molar-refractivity contribution in [3.8, 4) is 0 Å². The number of urea groups is 1. The van der Waals surface area contributed by atoms with Gasteiger partial charge in [-0.05, 0) is 36.0 Å². The molecule has 3 saturated heterocycles. The van der Waals surface area contributed by atoms with Crippen molar-refractivity contribution < 1.29 is 18.8 Å². The summed E-state index contributed by atoms with van der Waals surface area (Å²) in [5.74, 6) is 0.233. The average molecular weight is 450 g/mol.